The van der Waals surface area contributed by atoms with Gasteiger partial charge in [0.2, 0.25) is 5.91 Å². The molecule has 35 heavy (non-hydrogen) atoms. The molecule has 2 aromatic rings. The molecule has 1 aromatic carbocycles. The van der Waals surface area contributed by atoms with Gasteiger partial charge in [-0.1, -0.05) is 38.0 Å². The zero-order valence-electron chi connectivity index (χ0n) is 20.8. The predicted molar refractivity (Wildman–Crippen MR) is 131 cm³/mol. The van der Waals surface area contributed by atoms with E-state index in [2.05, 4.69) is 15.6 Å². The van der Waals surface area contributed by atoms with Crippen molar-refractivity contribution in [2.45, 2.75) is 77.5 Å². The summed E-state index contributed by atoms with van der Waals surface area (Å²) in [5.41, 5.74) is 0.0856. The van der Waals surface area contributed by atoms with E-state index in [1.54, 1.807) is 16.4 Å². The van der Waals surface area contributed by atoms with Crippen molar-refractivity contribution in [2.75, 3.05) is 13.2 Å². The summed E-state index contributed by atoms with van der Waals surface area (Å²) in [6, 6.07) is 7.65. The lowest BCUT2D eigenvalue weighted by atomic mass is 9.93. The van der Waals surface area contributed by atoms with E-state index in [1.165, 1.54) is 6.33 Å². The molecule has 1 fully saturated rings. The van der Waals surface area contributed by atoms with Crippen LogP contribution in [0.1, 0.15) is 79.4 Å². The summed E-state index contributed by atoms with van der Waals surface area (Å²) in [4.78, 5) is 46.0. The zero-order chi connectivity index (χ0) is 25.0. The van der Waals surface area contributed by atoms with Crippen LogP contribution in [-0.2, 0) is 17.9 Å². The van der Waals surface area contributed by atoms with Gasteiger partial charge in [0.15, 0.2) is 5.69 Å². The first kappa shape index (κ1) is 24.8. The Bertz CT molecular complexity index is 1090. The van der Waals surface area contributed by atoms with Crippen LogP contribution in [0.15, 0.2) is 30.6 Å². The third-order valence-electron chi connectivity index (χ3n) is 6.91. The summed E-state index contributed by atoms with van der Waals surface area (Å²) in [7, 11) is 0. The van der Waals surface area contributed by atoms with Crippen molar-refractivity contribution in [3.05, 3.63) is 47.5 Å². The molecule has 9 heteroatoms. The molecule has 1 aliphatic carbocycles. The van der Waals surface area contributed by atoms with Gasteiger partial charge in [0.1, 0.15) is 17.0 Å². The van der Waals surface area contributed by atoms with Crippen LogP contribution in [0.2, 0.25) is 0 Å². The van der Waals surface area contributed by atoms with E-state index in [0.29, 0.717) is 25.3 Å². The van der Waals surface area contributed by atoms with E-state index in [0.717, 1.165) is 31.2 Å². The van der Waals surface area contributed by atoms with Crippen molar-refractivity contribution in [3.63, 3.8) is 0 Å². The number of fused-ring (bicyclic) bond motifs is 1. The predicted octanol–water partition coefficient (Wildman–Crippen LogP) is 2.90. The Hall–Kier alpha value is -3.36. The van der Waals surface area contributed by atoms with Gasteiger partial charge in [0, 0.05) is 24.7 Å². The van der Waals surface area contributed by atoms with Crippen LogP contribution in [0.5, 0.6) is 5.75 Å². The van der Waals surface area contributed by atoms with Gasteiger partial charge in [-0.25, -0.2) is 4.98 Å². The summed E-state index contributed by atoms with van der Waals surface area (Å²) in [5.74, 6) is -0.228. The lowest BCUT2D eigenvalue weighted by Gasteiger charge is -2.44. The van der Waals surface area contributed by atoms with Crippen molar-refractivity contribution in [1.29, 1.82) is 0 Å². The average Bonchev–Trinajstić information content (AvgIpc) is 3.51. The van der Waals surface area contributed by atoms with Crippen molar-refractivity contribution in [2.24, 2.45) is 0 Å². The number of amides is 3. The number of benzene rings is 1. The fourth-order valence-corrected chi connectivity index (χ4v) is 5.04. The number of hydrogen-bond donors (Lipinski definition) is 2. The van der Waals surface area contributed by atoms with Gasteiger partial charge in [-0.2, -0.15) is 0 Å². The van der Waals surface area contributed by atoms with E-state index in [9.17, 15) is 14.4 Å². The van der Waals surface area contributed by atoms with E-state index < -0.39 is 11.4 Å². The highest BCUT2D eigenvalue weighted by atomic mass is 16.5. The Kier molecular flexibility index (Phi) is 7.42. The fourth-order valence-electron chi connectivity index (χ4n) is 5.04. The number of ether oxygens (including phenoxy) is 1. The first-order valence-electron chi connectivity index (χ1n) is 12.6. The minimum Gasteiger partial charge on any atom is -0.494 e. The molecule has 1 aliphatic heterocycles. The lowest BCUT2D eigenvalue weighted by Crippen LogP contribution is -2.65. The molecule has 188 valence electrons. The standard InChI is InChI=1S/C26H35N5O4/c1-4-14-31-24(33)22-21(23(32)27-15-18-10-6-9-13-20(18)35-5-2)28-17-30(22)16-26(31,3)25(34)29-19-11-7-8-12-19/h6,9-10,13,17,19H,4-5,7-8,11-12,14-16H2,1-3H3,(H,27,32)(H,29,34)/t26-/m1/s1. The van der Waals surface area contributed by atoms with Crippen LogP contribution in [-0.4, -0.2) is 56.9 Å². The van der Waals surface area contributed by atoms with Crippen LogP contribution in [0.3, 0.4) is 0 Å². The van der Waals surface area contributed by atoms with Gasteiger partial charge in [-0.05, 0) is 39.2 Å². The van der Waals surface area contributed by atoms with Gasteiger partial charge >= 0.3 is 0 Å². The first-order chi connectivity index (χ1) is 16.9. The van der Waals surface area contributed by atoms with Crippen LogP contribution in [0.25, 0.3) is 0 Å². The van der Waals surface area contributed by atoms with Gasteiger partial charge in [0.25, 0.3) is 11.8 Å². The Morgan fingerprint density at radius 2 is 1.94 bits per heavy atom. The molecule has 1 saturated carbocycles. The van der Waals surface area contributed by atoms with E-state index in [4.69, 9.17) is 4.74 Å². The third kappa shape index (κ3) is 4.90. The molecule has 0 unspecified atom stereocenters. The third-order valence-corrected chi connectivity index (χ3v) is 6.91. The van der Waals surface area contributed by atoms with Crippen molar-refractivity contribution in [3.8, 4) is 5.75 Å². The van der Waals surface area contributed by atoms with Crippen molar-refractivity contribution < 1.29 is 19.1 Å². The molecule has 2 N–H and O–H groups in total. The lowest BCUT2D eigenvalue weighted by molar-refractivity contribution is -0.133. The number of aromatic nitrogens is 2. The Balaban J connectivity index is 1.55. The topological polar surface area (TPSA) is 106 Å². The molecule has 1 aromatic heterocycles. The second-order valence-corrected chi connectivity index (χ2v) is 9.48. The second-order valence-electron chi connectivity index (χ2n) is 9.48. The minimum atomic E-state index is -1.05. The fraction of sp³-hybridized carbons (Fsp3) is 0.538. The van der Waals surface area contributed by atoms with Gasteiger partial charge in [0.05, 0.1) is 19.5 Å². The Morgan fingerprint density at radius 1 is 1.20 bits per heavy atom. The molecular formula is C26H35N5O4. The number of nitrogens with zero attached hydrogens (tertiary/aromatic N) is 3. The largest absolute Gasteiger partial charge is 0.494 e. The molecule has 0 spiro atoms. The van der Waals surface area contributed by atoms with E-state index >= 15 is 0 Å². The summed E-state index contributed by atoms with van der Waals surface area (Å²) < 4.78 is 7.28. The summed E-state index contributed by atoms with van der Waals surface area (Å²) in [6.07, 6.45) is 6.34. The number of carbonyl (C=O) groups is 3. The number of para-hydroxylation sites is 1. The van der Waals surface area contributed by atoms with Gasteiger partial charge in [-0.15, -0.1) is 0 Å². The number of imidazole rings is 1. The van der Waals surface area contributed by atoms with E-state index in [-0.39, 0.29) is 42.3 Å². The maximum atomic E-state index is 13.6. The number of rotatable bonds is 9. The summed E-state index contributed by atoms with van der Waals surface area (Å²) in [6.45, 7) is 7.11. The molecule has 3 amide bonds. The van der Waals surface area contributed by atoms with Gasteiger partial charge in [-0.3, -0.25) is 14.4 Å². The SMILES string of the molecule is CCCN1C(=O)c2c(C(=O)NCc3ccccc3OCC)ncn2C[C@]1(C)C(=O)NC1CCCC1. The highest BCUT2D eigenvalue weighted by Crippen LogP contribution is 2.30. The van der Waals surface area contributed by atoms with Crippen molar-refractivity contribution in [1.82, 2.24) is 25.1 Å². The molecule has 2 aliphatic rings. The maximum Gasteiger partial charge on any atom is 0.273 e. The zero-order valence-corrected chi connectivity index (χ0v) is 20.8. The molecule has 1 atom stereocenters. The number of carbonyl (C=O) groups excluding carboxylic acids is 3. The molecule has 0 saturated heterocycles. The first-order valence-corrected chi connectivity index (χ1v) is 12.6. The Morgan fingerprint density at radius 3 is 2.66 bits per heavy atom. The Labute approximate surface area is 206 Å². The normalized spacial score (nSPS) is 20.0. The monoisotopic (exact) mass is 481 g/mol. The molecule has 9 nitrogen and oxygen atoms in total. The minimum absolute atomic E-state index is 0.0724. The smallest absolute Gasteiger partial charge is 0.273 e. The quantitative estimate of drug-likeness (QED) is 0.573. The highest BCUT2D eigenvalue weighted by molar-refractivity contribution is 6.07. The molecule has 0 bridgehead atoms. The summed E-state index contributed by atoms with van der Waals surface area (Å²) in [5, 5.41) is 6.02. The van der Waals surface area contributed by atoms with Crippen LogP contribution < -0.4 is 15.4 Å². The van der Waals surface area contributed by atoms with Crippen LogP contribution >= 0.6 is 0 Å². The van der Waals surface area contributed by atoms with E-state index in [1.807, 2.05) is 38.1 Å². The second kappa shape index (κ2) is 10.5. The average molecular weight is 482 g/mol. The number of hydrogen-bond acceptors (Lipinski definition) is 5. The molecule has 4 rings (SSSR count). The van der Waals surface area contributed by atoms with Crippen LogP contribution in [0, 0.1) is 0 Å². The molecule has 2 heterocycles. The van der Waals surface area contributed by atoms with Crippen LogP contribution in [0.4, 0.5) is 0 Å². The van der Waals surface area contributed by atoms with Crippen molar-refractivity contribution >= 4 is 17.7 Å². The molecule has 0 radical (unpaired) electrons. The highest BCUT2D eigenvalue weighted by Gasteiger charge is 2.48. The van der Waals surface area contributed by atoms with Gasteiger partial charge < -0.3 is 24.8 Å². The molecular weight excluding hydrogens is 446 g/mol. The maximum absolute atomic E-state index is 13.6. The summed E-state index contributed by atoms with van der Waals surface area (Å²) >= 11 is 0. The number of nitrogens with one attached hydrogen (secondary N) is 2.